The van der Waals surface area contributed by atoms with E-state index in [0.29, 0.717) is 6.42 Å². The molecule has 2 N–H and O–H groups in total. The van der Waals surface area contributed by atoms with Crippen LogP contribution in [0.25, 0.3) is 0 Å². The molecular formula is C11H16O2. The lowest BCUT2D eigenvalue weighted by Crippen LogP contribution is -2.31. The molecule has 0 aliphatic carbocycles. The Morgan fingerprint density at radius 3 is 2.31 bits per heavy atom. The molecule has 2 atom stereocenters. The number of hydrogen-bond donors (Lipinski definition) is 2. The normalized spacial score (nSPS) is 17.8. The average Bonchev–Trinajstić information content (AvgIpc) is 2.18. The van der Waals surface area contributed by atoms with Gasteiger partial charge in [0.05, 0.1) is 5.60 Å². The SMILES string of the molecule is CC[C@@](C)(O)[C@@H](O)c1ccccc1. The molecule has 2 nitrogen and oxygen atoms in total. The number of hydrogen-bond acceptors (Lipinski definition) is 2. The van der Waals surface area contributed by atoms with Gasteiger partial charge in [-0.05, 0) is 18.9 Å². The molecule has 1 aromatic carbocycles. The second-order valence-electron chi connectivity index (χ2n) is 3.52. The zero-order valence-corrected chi connectivity index (χ0v) is 8.07. The molecule has 0 amide bonds. The Balaban J connectivity index is 2.85. The highest BCUT2D eigenvalue weighted by Gasteiger charge is 2.29. The Kier molecular flexibility index (Phi) is 3.07. The summed E-state index contributed by atoms with van der Waals surface area (Å²) in [7, 11) is 0. The van der Waals surface area contributed by atoms with Gasteiger partial charge < -0.3 is 10.2 Å². The number of aliphatic hydroxyl groups excluding tert-OH is 1. The predicted molar refractivity (Wildman–Crippen MR) is 52.3 cm³/mol. The summed E-state index contributed by atoms with van der Waals surface area (Å²) in [4.78, 5) is 0. The molecule has 0 aliphatic rings. The average molecular weight is 180 g/mol. The first kappa shape index (κ1) is 10.2. The maximum atomic E-state index is 9.80. The van der Waals surface area contributed by atoms with Crippen molar-refractivity contribution in [2.24, 2.45) is 0 Å². The third-order valence-corrected chi connectivity index (χ3v) is 2.42. The summed E-state index contributed by atoms with van der Waals surface area (Å²) in [6.45, 7) is 3.50. The van der Waals surface area contributed by atoms with Crippen LogP contribution < -0.4 is 0 Å². The molecule has 2 heteroatoms. The minimum absolute atomic E-state index is 0.531. The topological polar surface area (TPSA) is 40.5 Å². The largest absolute Gasteiger partial charge is 0.387 e. The van der Waals surface area contributed by atoms with Crippen molar-refractivity contribution in [3.05, 3.63) is 35.9 Å². The van der Waals surface area contributed by atoms with Gasteiger partial charge in [-0.15, -0.1) is 0 Å². The van der Waals surface area contributed by atoms with Crippen molar-refractivity contribution in [2.75, 3.05) is 0 Å². The quantitative estimate of drug-likeness (QED) is 0.745. The molecule has 0 saturated carbocycles. The van der Waals surface area contributed by atoms with Gasteiger partial charge in [0.2, 0.25) is 0 Å². The molecule has 1 rings (SSSR count). The summed E-state index contributed by atoms with van der Waals surface area (Å²) >= 11 is 0. The molecule has 0 spiro atoms. The van der Waals surface area contributed by atoms with Crippen LogP contribution in [-0.2, 0) is 0 Å². The molecule has 0 fully saturated rings. The zero-order valence-electron chi connectivity index (χ0n) is 8.07. The van der Waals surface area contributed by atoms with E-state index in [9.17, 15) is 10.2 Å². The summed E-state index contributed by atoms with van der Waals surface area (Å²) in [5.41, 5.74) is -0.282. The van der Waals surface area contributed by atoms with E-state index in [-0.39, 0.29) is 0 Å². The van der Waals surface area contributed by atoms with E-state index in [2.05, 4.69) is 0 Å². The summed E-state index contributed by atoms with van der Waals surface area (Å²) in [6, 6.07) is 9.22. The molecule has 0 unspecified atom stereocenters. The van der Waals surface area contributed by atoms with Crippen molar-refractivity contribution in [1.29, 1.82) is 0 Å². The third kappa shape index (κ3) is 2.29. The van der Waals surface area contributed by atoms with Crippen molar-refractivity contribution in [1.82, 2.24) is 0 Å². The van der Waals surface area contributed by atoms with Crippen LogP contribution >= 0.6 is 0 Å². The number of benzene rings is 1. The minimum Gasteiger partial charge on any atom is -0.387 e. The summed E-state index contributed by atoms with van der Waals surface area (Å²) < 4.78 is 0. The molecule has 0 radical (unpaired) electrons. The van der Waals surface area contributed by atoms with Crippen molar-refractivity contribution >= 4 is 0 Å². The van der Waals surface area contributed by atoms with Crippen molar-refractivity contribution in [3.8, 4) is 0 Å². The van der Waals surface area contributed by atoms with Gasteiger partial charge in [-0.25, -0.2) is 0 Å². The van der Waals surface area contributed by atoms with E-state index >= 15 is 0 Å². The van der Waals surface area contributed by atoms with Gasteiger partial charge in [0.1, 0.15) is 6.10 Å². The van der Waals surface area contributed by atoms with Gasteiger partial charge in [0.25, 0.3) is 0 Å². The summed E-state index contributed by atoms with van der Waals surface area (Å²) in [6.07, 6.45) is -0.276. The van der Waals surface area contributed by atoms with E-state index in [1.807, 2.05) is 37.3 Å². The number of rotatable bonds is 3. The van der Waals surface area contributed by atoms with Crippen molar-refractivity contribution in [3.63, 3.8) is 0 Å². The maximum absolute atomic E-state index is 9.80. The van der Waals surface area contributed by atoms with Gasteiger partial charge in [-0.1, -0.05) is 37.3 Å². The van der Waals surface area contributed by atoms with E-state index in [0.717, 1.165) is 5.56 Å². The van der Waals surface area contributed by atoms with Crippen LogP contribution in [0.3, 0.4) is 0 Å². The minimum atomic E-state index is -1.04. The third-order valence-electron chi connectivity index (χ3n) is 2.42. The van der Waals surface area contributed by atoms with Gasteiger partial charge in [0.15, 0.2) is 0 Å². The summed E-state index contributed by atoms with van der Waals surface area (Å²) in [5.74, 6) is 0. The monoisotopic (exact) mass is 180 g/mol. The second-order valence-corrected chi connectivity index (χ2v) is 3.52. The van der Waals surface area contributed by atoms with Gasteiger partial charge in [0, 0.05) is 0 Å². The molecule has 72 valence electrons. The highest BCUT2D eigenvalue weighted by Crippen LogP contribution is 2.27. The van der Waals surface area contributed by atoms with E-state index in [1.165, 1.54) is 0 Å². The standard InChI is InChI=1S/C11H16O2/c1-3-11(2,13)10(12)9-7-5-4-6-8-9/h4-8,10,12-13H,3H2,1-2H3/t10-,11+/m0/s1. The molecule has 13 heavy (non-hydrogen) atoms. The van der Waals surface area contributed by atoms with E-state index in [4.69, 9.17) is 0 Å². The molecule has 0 aliphatic heterocycles. The maximum Gasteiger partial charge on any atom is 0.107 e. The lowest BCUT2D eigenvalue weighted by atomic mass is 9.91. The zero-order chi connectivity index (χ0) is 9.90. The molecule has 0 heterocycles. The van der Waals surface area contributed by atoms with Crippen molar-refractivity contribution < 1.29 is 10.2 Å². The van der Waals surface area contributed by atoms with Crippen LogP contribution in [-0.4, -0.2) is 15.8 Å². The molecule has 0 saturated heterocycles. The van der Waals surface area contributed by atoms with Crippen LogP contribution in [0.15, 0.2) is 30.3 Å². The highest BCUT2D eigenvalue weighted by molar-refractivity contribution is 5.19. The Morgan fingerprint density at radius 2 is 1.85 bits per heavy atom. The Labute approximate surface area is 78.8 Å². The Morgan fingerprint density at radius 1 is 1.31 bits per heavy atom. The van der Waals surface area contributed by atoms with Gasteiger partial charge in [-0.3, -0.25) is 0 Å². The molecule has 0 bridgehead atoms. The Hall–Kier alpha value is -0.860. The fourth-order valence-corrected chi connectivity index (χ4v) is 1.19. The smallest absolute Gasteiger partial charge is 0.107 e. The molecular weight excluding hydrogens is 164 g/mol. The fourth-order valence-electron chi connectivity index (χ4n) is 1.19. The van der Waals surface area contributed by atoms with Gasteiger partial charge in [-0.2, -0.15) is 0 Å². The van der Waals surface area contributed by atoms with E-state index in [1.54, 1.807) is 6.92 Å². The second kappa shape index (κ2) is 3.90. The predicted octanol–water partition coefficient (Wildman–Crippen LogP) is 1.88. The van der Waals surface area contributed by atoms with E-state index < -0.39 is 11.7 Å². The first-order chi connectivity index (χ1) is 6.08. The lowest BCUT2D eigenvalue weighted by Gasteiger charge is -2.27. The van der Waals surface area contributed by atoms with Gasteiger partial charge >= 0.3 is 0 Å². The number of aliphatic hydroxyl groups is 2. The van der Waals surface area contributed by atoms with Crippen LogP contribution in [0.1, 0.15) is 31.9 Å². The van der Waals surface area contributed by atoms with Crippen molar-refractivity contribution in [2.45, 2.75) is 32.0 Å². The van der Waals surface area contributed by atoms with Crippen LogP contribution in [0, 0.1) is 0 Å². The molecule has 0 aromatic heterocycles. The fraction of sp³-hybridized carbons (Fsp3) is 0.455. The van der Waals surface area contributed by atoms with Crippen LogP contribution in [0.2, 0.25) is 0 Å². The van der Waals surface area contributed by atoms with Crippen LogP contribution in [0.4, 0.5) is 0 Å². The first-order valence-electron chi connectivity index (χ1n) is 4.53. The lowest BCUT2D eigenvalue weighted by molar-refractivity contribution is -0.0658. The summed E-state index contributed by atoms with van der Waals surface area (Å²) in [5, 5.41) is 19.6. The first-order valence-corrected chi connectivity index (χ1v) is 4.53. The molecule has 1 aromatic rings. The Bertz CT molecular complexity index is 254. The highest BCUT2D eigenvalue weighted by atomic mass is 16.3. The van der Waals surface area contributed by atoms with Crippen LogP contribution in [0.5, 0.6) is 0 Å².